The Balaban J connectivity index is 2.02. The molecule has 0 bridgehead atoms. The van der Waals surface area contributed by atoms with Crippen molar-refractivity contribution in [1.82, 2.24) is 14.4 Å². The summed E-state index contributed by atoms with van der Waals surface area (Å²) < 4.78 is 6.25. The fourth-order valence-electron chi connectivity index (χ4n) is 3.40. The molecule has 0 saturated carbocycles. The van der Waals surface area contributed by atoms with E-state index in [-0.39, 0.29) is 17.2 Å². The second kappa shape index (κ2) is 7.38. The monoisotopic (exact) mass is 385 g/mol. The number of fused-ring (bicyclic) bond motifs is 1. The molecule has 148 valence electrons. The zero-order valence-corrected chi connectivity index (χ0v) is 16.4. The van der Waals surface area contributed by atoms with Gasteiger partial charge in [0.15, 0.2) is 5.75 Å². The maximum Gasteiger partial charge on any atom is 0.293 e. The first-order chi connectivity index (χ1) is 13.3. The number of rotatable bonds is 4. The van der Waals surface area contributed by atoms with Crippen molar-refractivity contribution in [1.29, 1.82) is 0 Å². The Bertz CT molecular complexity index is 992. The van der Waals surface area contributed by atoms with E-state index in [1.807, 2.05) is 12.1 Å². The number of carbonyl (C=O) groups excluding carboxylic acids is 2. The van der Waals surface area contributed by atoms with Crippen LogP contribution in [0.4, 0.5) is 0 Å². The Labute approximate surface area is 162 Å². The lowest BCUT2D eigenvalue weighted by atomic mass is 9.95. The summed E-state index contributed by atoms with van der Waals surface area (Å²) in [5, 5.41) is 10.4. The zero-order valence-electron chi connectivity index (χ0n) is 16.4. The number of aromatic nitrogens is 1. The Morgan fingerprint density at radius 2 is 1.86 bits per heavy atom. The number of pyridine rings is 1. The van der Waals surface area contributed by atoms with Gasteiger partial charge in [-0.2, -0.15) is 0 Å². The largest absolute Gasteiger partial charge is 0.502 e. The quantitative estimate of drug-likeness (QED) is 0.848. The van der Waals surface area contributed by atoms with Gasteiger partial charge < -0.3 is 24.2 Å². The molecule has 8 nitrogen and oxygen atoms in total. The highest BCUT2D eigenvalue weighted by Gasteiger charge is 2.34. The second-order valence-electron chi connectivity index (χ2n) is 6.94. The maximum atomic E-state index is 13.0. The average Bonchev–Trinajstić information content (AvgIpc) is 2.68. The Hall–Kier alpha value is -3.29. The molecule has 1 aliphatic heterocycles. The highest BCUT2D eigenvalue weighted by Crippen LogP contribution is 2.29. The summed E-state index contributed by atoms with van der Waals surface area (Å²) in [6.45, 7) is 0.705. The summed E-state index contributed by atoms with van der Waals surface area (Å²) in [6.07, 6.45) is 0.369. The van der Waals surface area contributed by atoms with E-state index in [1.165, 1.54) is 11.9 Å². The molecule has 2 aromatic rings. The van der Waals surface area contributed by atoms with Gasteiger partial charge in [-0.3, -0.25) is 14.4 Å². The molecule has 0 aliphatic carbocycles. The van der Waals surface area contributed by atoms with Crippen LogP contribution in [0, 0.1) is 0 Å². The minimum atomic E-state index is -0.761. The number of hydrogen-bond acceptors (Lipinski definition) is 5. The van der Waals surface area contributed by atoms with Crippen LogP contribution in [0.3, 0.4) is 0 Å². The van der Waals surface area contributed by atoms with Crippen molar-refractivity contribution in [3.8, 4) is 11.5 Å². The van der Waals surface area contributed by atoms with Crippen LogP contribution in [-0.4, -0.2) is 59.0 Å². The summed E-state index contributed by atoms with van der Waals surface area (Å²) in [7, 11) is 6.16. The third-order valence-corrected chi connectivity index (χ3v) is 4.94. The van der Waals surface area contributed by atoms with Crippen molar-refractivity contribution in [3.05, 3.63) is 57.0 Å². The van der Waals surface area contributed by atoms with Gasteiger partial charge in [-0.05, 0) is 24.1 Å². The average molecular weight is 385 g/mol. The van der Waals surface area contributed by atoms with Crippen molar-refractivity contribution in [2.75, 3.05) is 27.7 Å². The molecule has 0 unspecified atom stereocenters. The van der Waals surface area contributed by atoms with E-state index in [0.717, 1.165) is 10.1 Å². The number of methoxy groups -OCH3 is 1. The lowest BCUT2D eigenvalue weighted by Crippen LogP contribution is -2.42. The molecule has 8 heteroatoms. The van der Waals surface area contributed by atoms with E-state index in [0.29, 0.717) is 30.8 Å². The fourth-order valence-corrected chi connectivity index (χ4v) is 3.40. The predicted molar refractivity (Wildman–Crippen MR) is 103 cm³/mol. The van der Waals surface area contributed by atoms with Crippen LogP contribution in [0.5, 0.6) is 11.5 Å². The molecule has 0 saturated heterocycles. The Morgan fingerprint density at radius 3 is 2.43 bits per heavy atom. The van der Waals surface area contributed by atoms with Crippen molar-refractivity contribution in [3.63, 3.8) is 0 Å². The van der Waals surface area contributed by atoms with Gasteiger partial charge in [-0.25, -0.2) is 0 Å². The number of ether oxygens (including phenoxy) is 1. The molecule has 1 aromatic heterocycles. The van der Waals surface area contributed by atoms with Gasteiger partial charge in [0, 0.05) is 39.8 Å². The molecule has 1 aromatic carbocycles. The molecule has 0 spiro atoms. The highest BCUT2D eigenvalue weighted by molar-refractivity contribution is 6.03. The Kier molecular flexibility index (Phi) is 5.13. The third kappa shape index (κ3) is 3.21. The van der Waals surface area contributed by atoms with Crippen LogP contribution in [0.25, 0.3) is 0 Å². The van der Waals surface area contributed by atoms with Crippen molar-refractivity contribution in [2.24, 2.45) is 7.05 Å². The van der Waals surface area contributed by atoms with Crippen LogP contribution < -0.4 is 10.3 Å². The molecule has 2 heterocycles. The lowest BCUT2D eigenvalue weighted by molar-refractivity contribution is 0.0720. The van der Waals surface area contributed by atoms with Gasteiger partial charge >= 0.3 is 0 Å². The normalized spacial score (nSPS) is 13.3. The first kappa shape index (κ1) is 19.5. The number of amides is 2. The number of aromatic hydroxyl groups is 1. The molecular weight excluding hydrogens is 362 g/mol. The molecule has 0 fully saturated rings. The molecule has 3 rings (SSSR count). The molecule has 0 atom stereocenters. The minimum absolute atomic E-state index is 0.0759. The maximum absolute atomic E-state index is 13.0. The number of nitrogens with zero attached hydrogens (tertiary/aromatic N) is 3. The van der Waals surface area contributed by atoms with Gasteiger partial charge in [0.2, 0.25) is 0 Å². The van der Waals surface area contributed by atoms with E-state index < -0.39 is 17.2 Å². The van der Waals surface area contributed by atoms with Crippen molar-refractivity contribution >= 4 is 11.8 Å². The molecule has 28 heavy (non-hydrogen) atoms. The van der Waals surface area contributed by atoms with Gasteiger partial charge in [0.05, 0.1) is 12.7 Å². The first-order valence-corrected chi connectivity index (χ1v) is 8.85. The number of hydrogen-bond donors (Lipinski definition) is 1. The SMILES string of the molecule is COc1ccc(CN2CCc3c(c(O)c(=O)n(C)c3C(=O)N(C)C)C2=O)cc1. The number of carbonyl (C=O) groups is 2. The second-order valence-corrected chi connectivity index (χ2v) is 6.94. The standard InChI is InChI=1S/C20H23N3O5/c1-21(2)19(26)16-14-9-10-23(11-12-5-7-13(28-4)8-6-12)18(25)15(14)17(24)20(27)22(16)3/h5-8,24H,9-11H2,1-4H3. The number of benzene rings is 1. The molecule has 1 N–H and O–H groups in total. The van der Waals surface area contributed by atoms with E-state index in [1.54, 1.807) is 38.2 Å². The van der Waals surface area contributed by atoms with E-state index >= 15 is 0 Å². The van der Waals surface area contributed by atoms with Crippen LogP contribution in [0.1, 0.15) is 32.0 Å². The summed E-state index contributed by atoms with van der Waals surface area (Å²) in [6, 6.07) is 7.32. The smallest absolute Gasteiger partial charge is 0.293 e. The summed E-state index contributed by atoms with van der Waals surface area (Å²) in [4.78, 5) is 41.0. The third-order valence-electron chi connectivity index (χ3n) is 4.94. The highest BCUT2D eigenvalue weighted by atomic mass is 16.5. The fraction of sp³-hybridized carbons (Fsp3) is 0.350. The van der Waals surface area contributed by atoms with E-state index in [9.17, 15) is 19.5 Å². The zero-order chi connectivity index (χ0) is 20.6. The summed E-state index contributed by atoms with van der Waals surface area (Å²) in [5.41, 5.74) is 0.608. The molecule has 0 radical (unpaired) electrons. The first-order valence-electron chi connectivity index (χ1n) is 8.85. The van der Waals surface area contributed by atoms with Gasteiger partial charge in [0.1, 0.15) is 11.4 Å². The summed E-state index contributed by atoms with van der Waals surface area (Å²) >= 11 is 0. The van der Waals surface area contributed by atoms with Crippen LogP contribution in [0.2, 0.25) is 0 Å². The lowest BCUT2D eigenvalue weighted by Gasteiger charge is -2.31. The minimum Gasteiger partial charge on any atom is -0.502 e. The van der Waals surface area contributed by atoms with E-state index in [2.05, 4.69) is 0 Å². The topological polar surface area (TPSA) is 92.1 Å². The molecular formula is C20H23N3O5. The molecule has 2 amide bonds. The van der Waals surface area contributed by atoms with Crippen LogP contribution >= 0.6 is 0 Å². The molecule has 1 aliphatic rings. The predicted octanol–water partition coefficient (Wildman–Crippen LogP) is 1.000. The Morgan fingerprint density at radius 1 is 1.21 bits per heavy atom. The van der Waals surface area contributed by atoms with E-state index in [4.69, 9.17) is 4.74 Å². The van der Waals surface area contributed by atoms with Gasteiger partial charge in [-0.15, -0.1) is 0 Å². The van der Waals surface area contributed by atoms with Gasteiger partial charge in [-0.1, -0.05) is 12.1 Å². The van der Waals surface area contributed by atoms with Crippen LogP contribution in [0.15, 0.2) is 29.1 Å². The summed E-state index contributed by atoms with van der Waals surface area (Å²) in [5.74, 6) is -0.739. The van der Waals surface area contributed by atoms with Crippen LogP contribution in [-0.2, 0) is 20.0 Å². The van der Waals surface area contributed by atoms with Gasteiger partial charge in [0.25, 0.3) is 17.4 Å². The van der Waals surface area contributed by atoms with Crippen molar-refractivity contribution < 1.29 is 19.4 Å². The van der Waals surface area contributed by atoms with Crippen molar-refractivity contribution in [2.45, 2.75) is 13.0 Å².